The molecule has 114 valence electrons. The molecule has 0 fully saturated rings. The lowest BCUT2D eigenvalue weighted by Crippen LogP contribution is -2.42. The van der Waals surface area contributed by atoms with Gasteiger partial charge in [-0.05, 0) is 43.5 Å². The number of anilines is 2. The van der Waals surface area contributed by atoms with Crippen LogP contribution in [0.1, 0.15) is 18.9 Å². The molecule has 0 saturated carbocycles. The van der Waals surface area contributed by atoms with Crippen molar-refractivity contribution < 1.29 is 4.79 Å². The van der Waals surface area contributed by atoms with Crippen molar-refractivity contribution >= 4 is 17.3 Å². The standard InChI is InChI=1S/C19H22N2O/c1-2-21(17-11-4-3-5-12-17)19(22)15-20-14-8-10-16-9-6-7-13-18(16)20/h3-7,9,11-13H,2,8,10,14-15H2,1H3. The lowest BCUT2D eigenvalue weighted by molar-refractivity contribution is -0.117. The van der Waals surface area contributed by atoms with Gasteiger partial charge in [-0.3, -0.25) is 4.79 Å². The Balaban J connectivity index is 1.77. The molecule has 3 heteroatoms. The monoisotopic (exact) mass is 294 g/mol. The van der Waals surface area contributed by atoms with Crippen LogP contribution in [-0.4, -0.2) is 25.5 Å². The molecule has 0 aliphatic carbocycles. The van der Waals surface area contributed by atoms with Crippen LogP contribution in [0.5, 0.6) is 0 Å². The number of hydrogen-bond donors (Lipinski definition) is 0. The number of aryl methyl sites for hydroxylation is 1. The summed E-state index contributed by atoms with van der Waals surface area (Å²) in [6.07, 6.45) is 2.22. The Hall–Kier alpha value is -2.29. The van der Waals surface area contributed by atoms with E-state index in [1.54, 1.807) is 0 Å². The maximum Gasteiger partial charge on any atom is 0.246 e. The van der Waals surface area contributed by atoms with Crippen LogP contribution in [0.2, 0.25) is 0 Å². The molecule has 0 unspecified atom stereocenters. The molecule has 1 heterocycles. The van der Waals surface area contributed by atoms with E-state index in [1.165, 1.54) is 11.3 Å². The molecule has 1 amide bonds. The summed E-state index contributed by atoms with van der Waals surface area (Å²) in [6.45, 7) is 4.11. The van der Waals surface area contributed by atoms with Gasteiger partial charge in [-0.1, -0.05) is 36.4 Å². The summed E-state index contributed by atoms with van der Waals surface area (Å²) in [5.74, 6) is 0.158. The zero-order valence-corrected chi connectivity index (χ0v) is 13.0. The largest absolute Gasteiger partial charge is 0.362 e. The van der Waals surface area contributed by atoms with E-state index in [4.69, 9.17) is 0 Å². The van der Waals surface area contributed by atoms with Gasteiger partial charge in [0.1, 0.15) is 0 Å². The quantitative estimate of drug-likeness (QED) is 0.861. The van der Waals surface area contributed by atoms with Crippen LogP contribution in [0.15, 0.2) is 54.6 Å². The van der Waals surface area contributed by atoms with Crippen molar-refractivity contribution in [1.82, 2.24) is 0 Å². The molecule has 0 bridgehead atoms. The van der Waals surface area contributed by atoms with Gasteiger partial charge in [0.05, 0.1) is 6.54 Å². The van der Waals surface area contributed by atoms with Crippen molar-refractivity contribution in [3.63, 3.8) is 0 Å². The minimum atomic E-state index is 0.158. The first-order chi connectivity index (χ1) is 10.8. The molecule has 2 aromatic carbocycles. The summed E-state index contributed by atoms with van der Waals surface area (Å²) in [6, 6.07) is 18.3. The van der Waals surface area contributed by atoms with Crippen molar-refractivity contribution in [3.05, 3.63) is 60.2 Å². The van der Waals surface area contributed by atoms with Crippen molar-refractivity contribution in [2.45, 2.75) is 19.8 Å². The average Bonchev–Trinajstić information content (AvgIpc) is 2.57. The SMILES string of the molecule is CCN(C(=O)CN1CCCc2ccccc21)c1ccccc1. The maximum absolute atomic E-state index is 12.7. The number of carbonyl (C=O) groups is 1. The Kier molecular flexibility index (Phi) is 4.42. The molecule has 0 radical (unpaired) electrons. The zero-order chi connectivity index (χ0) is 15.4. The highest BCUT2D eigenvalue weighted by Crippen LogP contribution is 2.26. The number of para-hydroxylation sites is 2. The molecule has 0 aromatic heterocycles. The molecule has 0 saturated heterocycles. The third kappa shape index (κ3) is 2.98. The molecule has 2 aromatic rings. The van der Waals surface area contributed by atoms with Crippen molar-refractivity contribution in [3.8, 4) is 0 Å². The van der Waals surface area contributed by atoms with Gasteiger partial charge in [-0.2, -0.15) is 0 Å². The van der Waals surface area contributed by atoms with E-state index in [0.29, 0.717) is 13.1 Å². The first kappa shape index (κ1) is 14.6. The highest BCUT2D eigenvalue weighted by Gasteiger charge is 2.21. The van der Waals surface area contributed by atoms with E-state index in [1.807, 2.05) is 42.2 Å². The van der Waals surface area contributed by atoms with E-state index >= 15 is 0 Å². The second-order valence-corrected chi connectivity index (χ2v) is 5.63. The zero-order valence-electron chi connectivity index (χ0n) is 13.0. The van der Waals surface area contributed by atoms with Crippen molar-refractivity contribution in [2.24, 2.45) is 0 Å². The molecule has 1 aliphatic rings. The number of benzene rings is 2. The fraction of sp³-hybridized carbons (Fsp3) is 0.316. The molecular weight excluding hydrogens is 272 g/mol. The predicted molar refractivity (Wildman–Crippen MR) is 91.4 cm³/mol. The van der Waals surface area contributed by atoms with Gasteiger partial charge in [-0.25, -0.2) is 0 Å². The van der Waals surface area contributed by atoms with E-state index in [9.17, 15) is 4.79 Å². The molecule has 3 nitrogen and oxygen atoms in total. The second-order valence-electron chi connectivity index (χ2n) is 5.63. The predicted octanol–water partition coefficient (Wildman–Crippen LogP) is 3.49. The molecule has 0 spiro atoms. The van der Waals surface area contributed by atoms with Crippen LogP contribution < -0.4 is 9.80 Å². The number of rotatable bonds is 4. The first-order valence-corrected chi connectivity index (χ1v) is 7.98. The Morgan fingerprint density at radius 3 is 2.59 bits per heavy atom. The van der Waals surface area contributed by atoms with Gasteiger partial charge in [-0.15, -0.1) is 0 Å². The number of amides is 1. The van der Waals surface area contributed by atoms with E-state index < -0.39 is 0 Å². The van der Waals surface area contributed by atoms with Gasteiger partial charge < -0.3 is 9.80 Å². The van der Waals surface area contributed by atoms with Crippen LogP contribution in [0.4, 0.5) is 11.4 Å². The third-order valence-electron chi connectivity index (χ3n) is 4.22. The van der Waals surface area contributed by atoms with E-state index in [0.717, 1.165) is 25.1 Å². The van der Waals surface area contributed by atoms with Gasteiger partial charge in [0.25, 0.3) is 0 Å². The third-order valence-corrected chi connectivity index (χ3v) is 4.22. The number of carbonyl (C=O) groups excluding carboxylic acids is 1. The molecule has 1 aliphatic heterocycles. The minimum Gasteiger partial charge on any atom is -0.362 e. The van der Waals surface area contributed by atoms with Crippen LogP contribution >= 0.6 is 0 Å². The van der Waals surface area contributed by atoms with Crippen LogP contribution in [0, 0.1) is 0 Å². The first-order valence-electron chi connectivity index (χ1n) is 7.98. The van der Waals surface area contributed by atoms with Crippen molar-refractivity contribution in [2.75, 3.05) is 29.4 Å². The smallest absolute Gasteiger partial charge is 0.246 e. The van der Waals surface area contributed by atoms with Crippen molar-refractivity contribution in [1.29, 1.82) is 0 Å². The fourth-order valence-electron chi connectivity index (χ4n) is 3.14. The van der Waals surface area contributed by atoms with Crippen LogP contribution in [0.3, 0.4) is 0 Å². The molecule has 3 rings (SSSR count). The summed E-state index contributed by atoms with van der Waals surface area (Å²) in [5, 5.41) is 0. The Morgan fingerprint density at radius 2 is 1.82 bits per heavy atom. The van der Waals surface area contributed by atoms with Gasteiger partial charge in [0.2, 0.25) is 5.91 Å². The fourth-order valence-corrected chi connectivity index (χ4v) is 3.14. The van der Waals surface area contributed by atoms with E-state index in [-0.39, 0.29) is 5.91 Å². The molecular formula is C19H22N2O. The number of likely N-dealkylation sites (N-methyl/N-ethyl adjacent to an activating group) is 1. The van der Waals surface area contributed by atoms with Crippen LogP contribution in [-0.2, 0) is 11.2 Å². The number of fused-ring (bicyclic) bond motifs is 1. The lowest BCUT2D eigenvalue weighted by Gasteiger charge is -2.32. The Morgan fingerprint density at radius 1 is 1.09 bits per heavy atom. The summed E-state index contributed by atoms with van der Waals surface area (Å²) in [7, 11) is 0. The van der Waals surface area contributed by atoms with Crippen LogP contribution in [0.25, 0.3) is 0 Å². The molecule has 0 N–H and O–H groups in total. The normalized spacial score (nSPS) is 13.6. The Bertz CT molecular complexity index is 639. The minimum absolute atomic E-state index is 0.158. The van der Waals surface area contributed by atoms with Gasteiger partial charge >= 0.3 is 0 Å². The van der Waals surface area contributed by atoms with Gasteiger partial charge in [0, 0.05) is 24.5 Å². The van der Waals surface area contributed by atoms with Gasteiger partial charge in [0.15, 0.2) is 0 Å². The maximum atomic E-state index is 12.7. The Labute approximate surface area is 132 Å². The molecule has 22 heavy (non-hydrogen) atoms. The topological polar surface area (TPSA) is 23.6 Å². The summed E-state index contributed by atoms with van der Waals surface area (Å²) >= 11 is 0. The summed E-state index contributed by atoms with van der Waals surface area (Å²) in [5.41, 5.74) is 3.54. The highest BCUT2D eigenvalue weighted by molar-refractivity contribution is 5.96. The number of nitrogens with zero attached hydrogens (tertiary/aromatic N) is 2. The average molecular weight is 294 g/mol. The summed E-state index contributed by atoms with van der Waals surface area (Å²) in [4.78, 5) is 16.8. The second kappa shape index (κ2) is 6.65. The summed E-state index contributed by atoms with van der Waals surface area (Å²) < 4.78 is 0. The molecule has 0 atom stereocenters. The highest BCUT2D eigenvalue weighted by atomic mass is 16.2. The number of hydrogen-bond acceptors (Lipinski definition) is 2. The van der Waals surface area contributed by atoms with E-state index in [2.05, 4.69) is 29.2 Å². The lowest BCUT2D eigenvalue weighted by atomic mass is 10.0.